The molecule has 6 nitrogen and oxygen atoms in total. The lowest BCUT2D eigenvalue weighted by Crippen LogP contribution is -2.35. The van der Waals surface area contributed by atoms with Crippen LogP contribution >= 0.6 is 0 Å². The summed E-state index contributed by atoms with van der Waals surface area (Å²) in [4.78, 5) is 37.3. The number of hydrogen-bond donors (Lipinski definition) is 2. The second-order valence-electron chi connectivity index (χ2n) is 6.18. The van der Waals surface area contributed by atoms with Crippen LogP contribution in [0.25, 0.3) is 0 Å². The van der Waals surface area contributed by atoms with E-state index in [0.29, 0.717) is 30.6 Å². The van der Waals surface area contributed by atoms with Crippen LogP contribution in [0.15, 0.2) is 24.3 Å². The number of carboxylic acid groups (broad SMARTS) is 1. The standard InChI is InChI=1S/C17H22N2O4/c1-3-8-18-14(20)12-5-4-6-13(10-12)15(21)19-9-7-17(2,11-19)16(22)23/h4-6,10H,3,7-9,11H2,1-2H3,(H,18,20)(H,22,23). The number of benzene rings is 1. The van der Waals surface area contributed by atoms with E-state index in [2.05, 4.69) is 5.32 Å². The van der Waals surface area contributed by atoms with Crippen LogP contribution in [0.4, 0.5) is 0 Å². The number of carboxylic acids is 1. The molecule has 0 spiro atoms. The first kappa shape index (κ1) is 17.0. The fourth-order valence-electron chi connectivity index (χ4n) is 2.63. The van der Waals surface area contributed by atoms with E-state index in [-0.39, 0.29) is 18.4 Å². The highest BCUT2D eigenvalue weighted by Gasteiger charge is 2.42. The summed E-state index contributed by atoms with van der Waals surface area (Å²) in [5.41, 5.74) is -0.0561. The molecular formula is C17H22N2O4. The van der Waals surface area contributed by atoms with Crippen molar-refractivity contribution in [3.63, 3.8) is 0 Å². The van der Waals surface area contributed by atoms with Crippen molar-refractivity contribution in [3.05, 3.63) is 35.4 Å². The highest BCUT2D eigenvalue weighted by molar-refractivity contribution is 6.00. The first-order valence-corrected chi connectivity index (χ1v) is 7.78. The van der Waals surface area contributed by atoms with Crippen molar-refractivity contribution in [2.75, 3.05) is 19.6 Å². The van der Waals surface area contributed by atoms with Crippen molar-refractivity contribution in [2.24, 2.45) is 5.41 Å². The zero-order chi connectivity index (χ0) is 17.0. The minimum Gasteiger partial charge on any atom is -0.481 e. The minimum atomic E-state index is -0.897. The second-order valence-corrected chi connectivity index (χ2v) is 6.18. The molecule has 1 aliphatic heterocycles. The van der Waals surface area contributed by atoms with Gasteiger partial charge in [0.05, 0.1) is 5.41 Å². The number of likely N-dealkylation sites (tertiary alicyclic amines) is 1. The van der Waals surface area contributed by atoms with Gasteiger partial charge in [-0.1, -0.05) is 13.0 Å². The Balaban J connectivity index is 2.12. The maximum Gasteiger partial charge on any atom is 0.311 e. The predicted molar refractivity (Wildman–Crippen MR) is 85.3 cm³/mol. The summed E-state index contributed by atoms with van der Waals surface area (Å²) in [5.74, 6) is -1.33. The molecule has 1 saturated heterocycles. The van der Waals surface area contributed by atoms with Gasteiger partial charge in [0.2, 0.25) is 0 Å². The summed E-state index contributed by atoms with van der Waals surface area (Å²) < 4.78 is 0. The molecule has 0 bridgehead atoms. The maximum absolute atomic E-state index is 12.5. The molecule has 1 aromatic carbocycles. The first-order valence-electron chi connectivity index (χ1n) is 7.78. The average Bonchev–Trinajstić information content (AvgIpc) is 2.96. The van der Waals surface area contributed by atoms with Gasteiger partial charge in [-0.05, 0) is 38.0 Å². The number of nitrogens with zero attached hydrogens (tertiary/aromatic N) is 1. The normalized spacial score (nSPS) is 20.3. The molecule has 1 fully saturated rings. The van der Waals surface area contributed by atoms with Gasteiger partial charge in [-0.15, -0.1) is 0 Å². The lowest BCUT2D eigenvalue weighted by atomic mass is 9.90. The Morgan fingerprint density at radius 2 is 2.00 bits per heavy atom. The minimum absolute atomic E-state index is 0.188. The van der Waals surface area contributed by atoms with Crippen LogP contribution in [0.5, 0.6) is 0 Å². The molecule has 2 amide bonds. The Morgan fingerprint density at radius 1 is 1.30 bits per heavy atom. The number of carbonyl (C=O) groups excluding carboxylic acids is 2. The second kappa shape index (κ2) is 6.81. The van der Waals surface area contributed by atoms with Gasteiger partial charge < -0.3 is 15.3 Å². The number of rotatable bonds is 5. The smallest absolute Gasteiger partial charge is 0.311 e. The number of nitrogens with one attached hydrogen (secondary N) is 1. The summed E-state index contributed by atoms with van der Waals surface area (Å²) in [6.07, 6.45) is 1.27. The average molecular weight is 318 g/mol. The van der Waals surface area contributed by atoms with Gasteiger partial charge in [-0.25, -0.2) is 0 Å². The molecular weight excluding hydrogens is 296 g/mol. The van der Waals surface area contributed by atoms with E-state index >= 15 is 0 Å². The molecule has 2 rings (SSSR count). The number of hydrogen-bond acceptors (Lipinski definition) is 3. The van der Waals surface area contributed by atoms with Crippen LogP contribution < -0.4 is 5.32 Å². The van der Waals surface area contributed by atoms with E-state index in [1.807, 2.05) is 6.92 Å². The van der Waals surface area contributed by atoms with Crippen molar-refractivity contribution < 1.29 is 19.5 Å². The third kappa shape index (κ3) is 3.70. The van der Waals surface area contributed by atoms with Gasteiger partial charge in [0, 0.05) is 30.8 Å². The Labute approximate surface area is 135 Å². The molecule has 0 aromatic heterocycles. The van der Waals surface area contributed by atoms with Crippen LogP contribution in [0, 0.1) is 5.41 Å². The Bertz CT molecular complexity index is 629. The van der Waals surface area contributed by atoms with Crippen LogP contribution in [0.2, 0.25) is 0 Å². The van der Waals surface area contributed by atoms with Gasteiger partial charge in [0.15, 0.2) is 0 Å². The maximum atomic E-state index is 12.5. The van der Waals surface area contributed by atoms with E-state index in [0.717, 1.165) is 6.42 Å². The van der Waals surface area contributed by atoms with Crippen LogP contribution in [-0.4, -0.2) is 47.4 Å². The van der Waals surface area contributed by atoms with E-state index < -0.39 is 11.4 Å². The topological polar surface area (TPSA) is 86.7 Å². The summed E-state index contributed by atoms with van der Waals surface area (Å²) in [6.45, 7) is 4.80. The largest absolute Gasteiger partial charge is 0.481 e. The molecule has 0 radical (unpaired) electrons. The van der Waals surface area contributed by atoms with Gasteiger partial charge in [-0.3, -0.25) is 14.4 Å². The van der Waals surface area contributed by atoms with Crippen LogP contribution in [-0.2, 0) is 4.79 Å². The predicted octanol–water partition coefficient (Wildman–Crippen LogP) is 1.76. The molecule has 6 heteroatoms. The van der Waals surface area contributed by atoms with Gasteiger partial charge in [0.25, 0.3) is 11.8 Å². The van der Waals surface area contributed by atoms with E-state index in [1.54, 1.807) is 31.2 Å². The van der Waals surface area contributed by atoms with Gasteiger partial charge in [0.1, 0.15) is 0 Å². The summed E-state index contributed by atoms with van der Waals surface area (Å²) >= 11 is 0. The zero-order valence-electron chi connectivity index (χ0n) is 13.5. The Hall–Kier alpha value is -2.37. The monoisotopic (exact) mass is 318 g/mol. The van der Waals surface area contributed by atoms with Crippen LogP contribution in [0.3, 0.4) is 0 Å². The third-order valence-electron chi connectivity index (χ3n) is 4.18. The number of aliphatic carboxylic acids is 1. The number of amides is 2. The Kier molecular flexibility index (Phi) is 5.03. The molecule has 0 saturated carbocycles. The van der Waals surface area contributed by atoms with E-state index in [4.69, 9.17) is 0 Å². The van der Waals surface area contributed by atoms with E-state index in [9.17, 15) is 19.5 Å². The molecule has 1 unspecified atom stereocenters. The van der Waals surface area contributed by atoms with E-state index in [1.165, 1.54) is 4.90 Å². The van der Waals surface area contributed by atoms with Crippen molar-refractivity contribution >= 4 is 17.8 Å². The van der Waals surface area contributed by atoms with Crippen molar-refractivity contribution in [2.45, 2.75) is 26.7 Å². The SMILES string of the molecule is CCCNC(=O)c1cccc(C(=O)N2CCC(C)(C(=O)O)C2)c1. The third-order valence-corrected chi connectivity index (χ3v) is 4.18. The molecule has 0 aliphatic carbocycles. The molecule has 1 aromatic rings. The zero-order valence-corrected chi connectivity index (χ0v) is 13.5. The van der Waals surface area contributed by atoms with Crippen molar-refractivity contribution in [3.8, 4) is 0 Å². The summed E-state index contributed by atoms with van der Waals surface area (Å²) in [7, 11) is 0. The van der Waals surface area contributed by atoms with Crippen molar-refractivity contribution in [1.82, 2.24) is 10.2 Å². The highest BCUT2D eigenvalue weighted by Crippen LogP contribution is 2.31. The fourth-order valence-corrected chi connectivity index (χ4v) is 2.63. The van der Waals surface area contributed by atoms with Crippen LogP contribution in [0.1, 0.15) is 47.4 Å². The molecule has 23 heavy (non-hydrogen) atoms. The number of carbonyl (C=O) groups is 3. The molecule has 1 aliphatic rings. The van der Waals surface area contributed by atoms with Gasteiger partial charge in [-0.2, -0.15) is 0 Å². The molecule has 1 heterocycles. The summed E-state index contributed by atoms with van der Waals surface area (Å²) in [6, 6.07) is 6.53. The lowest BCUT2D eigenvalue weighted by molar-refractivity contribution is -0.147. The highest BCUT2D eigenvalue weighted by atomic mass is 16.4. The summed E-state index contributed by atoms with van der Waals surface area (Å²) in [5, 5.41) is 12.0. The fraction of sp³-hybridized carbons (Fsp3) is 0.471. The Morgan fingerprint density at radius 3 is 2.61 bits per heavy atom. The van der Waals surface area contributed by atoms with Crippen molar-refractivity contribution in [1.29, 1.82) is 0 Å². The molecule has 124 valence electrons. The first-order chi connectivity index (χ1) is 10.9. The lowest BCUT2D eigenvalue weighted by Gasteiger charge is -2.20. The van der Waals surface area contributed by atoms with Gasteiger partial charge >= 0.3 is 5.97 Å². The quantitative estimate of drug-likeness (QED) is 0.866. The molecule has 2 N–H and O–H groups in total. The molecule has 1 atom stereocenters.